The van der Waals surface area contributed by atoms with E-state index < -0.39 is 0 Å². The number of carbonyl (C=O) groups excluding carboxylic acids is 3. The van der Waals surface area contributed by atoms with E-state index in [2.05, 4.69) is 29.3 Å². The zero-order valence-electron chi connectivity index (χ0n) is 22.1. The number of thiazole rings is 1. The molecule has 39 heavy (non-hydrogen) atoms. The van der Waals surface area contributed by atoms with Crippen LogP contribution in [0.25, 0.3) is 0 Å². The molecule has 1 aromatic carbocycles. The van der Waals surface area contributed by atoms with Crippen molar-refractivity contribution < 1.29 is 14.4 Å². The first-order chi connectivity index (χ1) is 18.9. The smallest absolute Gasteiger partial charge is 0.269 e. The first-order valence-corrected chi connectivity index (χ1v) is 14.3. The van der Waals surface area contributed by atoms with Gasteiger partial charge in [0.05, 0.1) is 17.4 Å². The normalized spacial score (nSPS) is 23.8. The second kappa shape index (κ2) is 10.5. The number of likely N-dealkylation sites (tertiary alicyclic amines) is 1. The van der Waals surface area contributed by atoms with E-state index in [0.29, 0.717) is 34.6 Å². The van der Waals surface area contributed by atoms with Gasteiger partial charge in [0.1, 0.15) is 0 Å². The van der Waals surface area contributed by atoms with Crippen LogP contribution in [-0.2, 0) is 22.4 Å². The topological polar surface area (TPSA) is 95.0 Å². The lowest BCUT2D eigenvalue weighted by Crippen LogP contribution is -2.33. The molecule has 0 saturated carbocycles. The second-order valence-corrected chi connectivity index (χ2v) is 11.8. The minimum Gasteiger partial charge on any atom is -0.332 e. The van der Waals surface area contributed by atoms with E-state index in [1.165, 1.54) is 11.0 Å². The second-order valence-electron chi connectivity index (χ2n) is 10.7. The molecule has 0 bridgehead atoms. The fourth-order valence-corrected chi connectivity index (χ4v) is 6.88. The number of nitrogens with one attached hydrogen (secondary N) is 1. The van der Waals surface area contributed by atoms with E-state index in [1.54, 1.807) is 35.6 Å². The average molecular weight is 542 g/mol. The number of allylic oxidation sites excluding steroid dienone is 3. The highest BCUT2D eigenvalue weighted by Gasteiger charge is 2.33. The molecule has 9 heteroatoms. The molecule has 2 aliphatic heterocycles. The first-order valence-electron chi connectivity index (χ1n) is 13.4. The van der Waals surface area contributed by atoms with Crippen LogP contribution in [0.2, 0.25) is 0 Å². The van der Waals surface area contributed by atoms with Crippen LogP contribution in [0.5, 0.6) is 0 Å². The number of hydrogen-bond acceptors (Lipinski definition) is 6. The SMILES string of the molecule is CN(C)[C@H]1CCc2nc(NC(=O)c3cccc([C@H]4CCCN4C(=O)C4=CC5C=CC(=O)N=C5C=C4)c3)sc2C1. The van der Waals surface area contributed by atoms with Crippen LogP contribution in [-0.4, -0.2) is 64.9 Å². The monoisotopic (exact) mass is 541 g/mol. The number of benzene rings is 1. The number of dihydropyridines is 1. The number of fused-ring (bicyclic) bond motifs is 2. The maximum absolute atomic E-state index is 13.5. The number of aromatic nitrogens is 1. The fourth-order valence-electron chi connectivity index (χ4n) is 5.81. The Bertz CT molecular complexity index is 1470. The van der Waals surface area contributed by atoms with E-state index in [9.17, 15) is 14.4 Å². The maximum atomic E-state index is 13.5. The Balaban J connectivity index is 1.16. The number of hydrogen-bond donors (Lipinski definition) is 1. The van der Waals surface area contributed by atoms with Crippen molar-refractivity contribution in [3.05, 3.63) is 81.9 Å². The number of likely N-dealkylation sites (N-methyl/N-ethyl adjacent to an activating group) is 1. The van der Waals surface area contributed by atoms with Gasteiger partial charge in [0.15, 0.2) is 5.13 Å². The molecule has 8 nitrogen and oxygen atoms in total. The van der Waals surface area contributed by atoms with Crippen LogP contribution in [0.3, 0.4) is 0 Å². The highest BCUT2D eigenvalue weighted by molar-refractivity contribution is 7.15. The van der Waals surface area contributed by atoms with Crippen molar-refractivity contribution in [1.82, 2.24) is 14.8 Å². The molecule has 200 valence electrons. The van der Waals surface area contributed by atoms with Crippen LogP contribution >= 0.6 is 11.3 Å². The van der Waals surface area contributed by atoms with Crippen LogP contribution in [0.4, 0.5) is 5.13 Å². The van der Waals surface area contributed by atoms with Crippen molar-refractivity contribution in [3.8, 4) is 0 Å². The number of aryl methyl sites for hydroxylation is 1. The Morgan fingerprint density at radius 1 is 1.15 bits per heavy atom. The maximum Gasteiger partial charge on any atom is 0.269 e. The summed E-state index contributed by atoms with van der Waals surface area (Å²) in [6, 6.07) is 7.97. The Morgan fingerprint density at radius 3 is 2.87 bits per heavy atom. The molecule has 6 rings (SSSR count). The van der Waals surface area contributed by atoms with Gasteiger partial charge in [-0.05, 0) is 76.0 Å². The van der Waals surface area contributed by atoms with Crippen LogP contribution in [0, 0.1) is 5.92 Å². The van der Waals surface area contributed by atoms with Gasteiger partial charge in [0, 0.05) is 40.6 Å². The van der Waals surface area contributed by atoms with Gasteiger partial charge in [-0.2, -0.15) is 0 Å². The van der Waals surface area contributed by atoms with E-state index in [4.69, 9.17) is 4.98 Å². The summed E-state index contributed by atoms with van der Waals surface area (Å²) in [6.07, 6.45) is 13.3. The molecular formula is C30H31N5O3S. The lowest BCUT2D eigenvalue weighted by atomic mass is 9.91. The third-order valence-electron chi connectivity index (χ3n) is 7.98. The number of rotatable bonds is 5. The molecule has 3 heterocycles. The minimum absolute atomic E-state index is 0.0441. The van der Waals surface area contributed by atoms with Crippen LogP contribution < -0.4 is 5.32 Å². The summed E-state index contributed by atoms with van der Waals surface area (Å²) in [6.45, 7) is 0.656. The van der Waals surface area contributed by atoms with Crippen molar-refractivity contribution in [2.24, 2.45) is 10.9 Å². The molecule has 1 N–H and O–H groups in total. The molecule has 1 unspecified atom stereocenters. The summed E-state index contributed by atoms with van der Waals surface area (Å²) in [7, 11) is 4.21. The van der Waals surface area contributed by atoms with Gasteiger partial charge in [-0.25, -0.2) is 9.98 Å². The zero-order chi connectivity index (χ0) is 27.1. The molecule has 3 atom stereocenters. The molecule has 0 radical (unpaired) electrons. The molecule has 2 aromatic rings. The van der Waals surface area contributed by atoms with E-state index >= 15 is 0 Å². The van der Waals surface area contributed by atoms with E-state index in [1.807, 2.05) is 29.2 Å². The third kappa shape index (κ3) is 5.16. The van der Waals surface area contributed by atoms with Gasteiger partial charge in [-0.3, -0.25) is 19.7 Å². The molecule has 2 aliphatic carbocycles. The molecule has 1 saturated heterocycles. The summed E-state index contributed by atoms with van der Waals surface area (Å²) in [5, 5.41) is 3.65. The lowest BCUT2D eigenvalue weighted by Gasteiger charge is -2.27. The molecule has 1 aromatic heterocycles. The Labute approximate surface area is 231 Å². The lowest BCUT2D eigenvalue weighted by molar-refractivity contribution is -0.127. The number of carbonyl (C=O) groups is 3. The summed E-state index contributed by atoms with van der Waals surface area (Å²) >= 11 is 1.57. The van der Waals surface area contributed by atoms with E-state index in [0.717, 1.165) is 43.4 Å². The Hall–Kier alpha value is -3.69. The van der Waals surface area contributed by atoms with Gasteiger partial charge >= 0.3 is 0 Å². The fraction of sp³-hybridized carbons (Fsp3) is 0.367. The highest BCUT2D eigenvalue weighted by Crippen LogP contribution is 2.35. The quantitative estimate of drug-likeness (QED) is 0.614. The first kappa shape index (κ1) is 25.6. The van der Waals surface area contributed by atoms with Gasteiger partial charge < -0.3 is 9.80 Å². The predicted octanol–water partition coefficient (Wildman–Crippen LogP) is 4.13. The van der Waals surface area contributed by atoms with Crippen LogP contribution in [0.1, 0.15) is 51.8 Å². The van der Waals surface area contributed by atoms with Crippen molar-refractivity contribution in [3.63, 3.8) is 0 Å². The summed E-state index contributed by atoms with van der Waals surface area (Å²) in [5.41, 5.74) is 3.87. The average Bonchev–Trinajstić information content (AvgIpc) is 3.59. The standard InChI is InChI=1S/C30H31N5O3S/c1-34(2)22-10-12-24-26(17-22)39-30(32-24)33-28(37)20-6-3-5-19(16-20)25-7-4-14-35(25)29(38)21-8-11-23-18(15-21)9-13-27(36)31-23/h3,5-6,8-9,11,13,15-16,18,22,25H,4,7,10,12,14,17H2,1-2H3,(H,32,33,37)/t18?,22-,25+/m0/s1. The van der Waals surface area contributed by atoms with Crippen molar-refractivity contribution in [2.45, 2.75) is 44.2 Å². The van der Waals surface area contributed by atoms with Gasteiger partial charge in [0.25, 0.3) is 17.7 Å². The molecule has 1 fully saturated rings. The molecule has 0 spiro atoms. The largest absolute Gasteiger partial charge is 0.332 e. The van der Waals surface area contributed by atoms with Crippen molar-refractivity contribution >= 4 is 39.9 Å². The highest BCUT2D eigenvalue weighted by atomic mass is 32.1. The zero-order valence-corrected chi connectivity index (χ0v) is 22.9. The summed E-state index contributed by atoms with van der Waals surface area (Å²) in [5.74, 6) is -0.668. The van der Waals surface area contributed by atoms with Gasteiger partial charge in [-0.15, -0.1) is 11.3 Å². The number of aliphatic imine (C=N–C) groups is 1. The third-order valence-corrected chi connectivity index (χ3v) is 9.01. The number of amides is 3. The Morgan fingerprint density at radius 2 is 2.03 bits per heavy atom. The Kier molecular flexibility index (Phi) is 6.86. The predicted molar refractivity (Wildman–Crippen MR) is 152 cm³/mol. The summed E-state index contributed by atoms with van der Waals surface area (Å²) < 4.78 is 0. The van der Waals surface area contributed by atoms with Gasteiger partial charge in [-0.1, -0.05) is 24.3 Å². The van der Waals surface area contributed by atoms with Crippen molar-refractivity contribution in [2.75, 3.05) is 26.0 Å². The van der Waals surface area contributed by atoms with Crippen LogP contribution in [0.15, 0.2) is 65.2 Å². The molecule has 3 amide bonds. The molecular weight excluding hydrogens is 510 g/mol. The number of anilines is 1. The van der Waals surface area contributed by atoms with Crippen molar-refractivity contribution in [1.29, 1.82) is 0 Å². The van der Waals surface area contributed by atoms with E-state index in [-0.39, 0.29) is 29.7 Å². The number of nitrogens with zero attached hydrogens (tertiary/aromatic N) is 4. The van der Waals surface area contributed by atoms with Gasteiger partial charge in [0.2, 0.25) is 0 Å². The minimum atomic E-state index is -0.273. The summed E-state index contributed by atoms with van der Waals surface area (Å²) in [4.78, 5) is 52.4. The molecule has 4 aliphatic rings.